The molecule has 94 valence electrons. The molecule has 0 bridgehead atoms. The molecule has 2 rings (SSSR count). The predicted octanol–water partition coefficient (Wildman–Crippen LogP) is 2.53. The maximum Gasteiger partial charge on any atom is 0.255 e. The van der Waals surface area contributed by atoms with E-state index < -0.39 is 11.3 Å². The minimum absolute atomic E-state index is 0.0690. The highest BCUT2D eigenvalue weighted by atomic mass is 19.3. The lowest BCUT2D eigenvalue weighted by Crippen LogP contribution is -2.45. The van der Waals surface area contributed by atoms with Crippen molar-refractivity contribution in [2.24, 2.45) is 5.41 Å². The van der Waals surface area contributed by atoms with Crippen LogP contribution < -0.4 is 0 Å². The maximum atomic E-state index is 13.4. The van der Waals surface area contributed by atoms with E-state index in [2.05, 4.69) is 11.8 Å². The zero-order valence-electron chi connectivity index (χ0n) is 10.4. The standard InChI is InChI=1S/C12H21F2NO/c1-4-5-11(9-16-3)6-10(8-15(11)2)7-12(10,13)14/h4-9H2,1-3H3/t10-,11-/m0/s1. The van der Waals surface area contributed by atoms with Gasteiger partial charge in [0.15, 0.2) is 0 Å². The van der Waals surface area contributed by atoms with E-state index in [-0.39, 0.29) is 12.0 Å². The van der Waals surface area contributed by atoms with E-state index in [1.165, 1.54) is 0 Å². The molecule has 0 aromatic heterocycles. The van der Waals surface area contributed by atoms with Gasteiger partial charge < -0.3 is 4.74 Å². The third-order valence-corrected chi connectivity index (χ3v) is 4.36. The van der Waals surface area contributed by atoms with Gasteiger partial charge in [0, 0.05) is 25.6 Å². The Morgan fingerprint density at radius 1 is 1.31 bits per heavy atom. The Hall–Kier alpha value is -0.220. The second kappa shape index (κ2) is 3.64. The Labute approximate surface area is 95.9 Å². The quantitative estimate of drug-likeness (QED) is 0.740. The Kier molecular flexibility index (Phi) is 2.78. The van der Waals surface area contributed by atoms with Crippen molar-refractivity contribution in [3.63, 3.8) is 0 Å². The molecule has 4 heteroatoms. The molecule has 2 nitrogen and oxygen atoms in total. The summed E-state index contributed by atoms with van der Waals surface area (Å²) in [4.78, 5) is 2.10. The van der Waals surface area contributed by atoms with E-state index in [9.17, 15) is 8.78 Å². The molecule has 2 atom stereocenters. The monoisotopic (exact) mass is 233 g/mol. The zero-order chi connectivity index (χ0) is 12.0. The van der Waals surface area contributed by atoms with Crippen molar-refractivity contribution in [2.75, 3.05) is 27.3 Å². The van der Waals surface area contributed by atoms with E-state index >= 15 is 0 Å². The van der Waals surface area contributed by atoms with Crippen LogP contribution in [0.15, 0.2) is 0 Å². The summed E-state index contributed by atoms with van der Waals surface area (Å²) in [5.74, 6) is -2.44. The first kappa shape index (κ1) is 12.2. The molecule has 16 heavy (non-hydrogen) atoms. The van der Waals surface area contributed by atoms with Crippen molar-refractivity contribution in [2.45, 2.75) is 44.1 Å². The van der Waals surface area contributed by atoms with Crippen LogP contribution in [0.25, 0.3) is 0 Å². The second-order valence-electron chi connectivity index (χ2n) is 5.60. The second-order valence-corrected chi connectivity index (χ2v) is 5.60. The van der Waals surface area contributed by atoms with Crippen LogP contribution in [0.3, 0.4) is 0 Å². The number of halogens is 2. The van der Waals surface area contributed by atoms with Gasteiger partial charge in [-0.25, -0.2) is 8.78 Å². The molecule has 2 aliphatic rings. The van der Waals surface area contributed by atoms with Crippen LogP contribution in [0, 0.1) is 5.41 Å². The Bertz CT molecular complexity index is 276. The molecule has 0 amide bonds. The number of hydrogen-bond donors (Lipinski definition) is 0. The first-order valence-corrected chi connectivity index (χ1v) is 5.99. The SMILES string of the molecule is CCC[C@@]1(COC)C[C@@]2(CN1C)CC2(F)F. The Morgan fingerprint density at radius 2 is 1.94 bits per heavy atom. The normalized spacial score (nSPS) is 41.8. The maximum absolute atomic E-state index is 13.4. The minimum Gasteiger partial charge on any atom is -0.383 e. The van der Waals surface area contributed by atoms with Gasteiger partial charge in [0.05, 0.1) is 12.0 Å². The number of likely N-dealkylation sites (tertiary alicyclic amines) is 1. The Balaban J connectivity index is 2.15. The van der Waals surface area contributed by atoms with Crippen LogP contribution in [0.5, 0.6) is 0 Å². The first-order valence-electron chi connectivity index (χ1n) is 5.99. The van der Waals surface area contributed by atoms with Crippen LogP contribution in [0.2, 0.25) is 0 Å². The predicted molar refractivity (Wildman–Crippen MR) is 58.8 cm³/mol. The van der Waals surface area contributed by atoms with E-state index in [4.69, 9.17) is 4.74 Å². The fraction of sp³-hybridized carbons (Fsp3) is 1.00. The summed E-state index contributed by atoms with van der Waals surface area (Å²) < 4.78 is 32.1. The summed E-state index contributed by atoms with van der Waals surface area (Å²) in [6.45, 7) is 3.18. The third-order valence-electron chi connectivity index (χ3n) is 4.36. The summed E-state index contributed by atoms with van der Waals surface area (Å²) in [7, 11) is 3.61. The molecule has 1 heterocycles. The average molecular weight is 233 g/mol. The molecule has 1 aliphatic heterocycles. The molecule has 1 spiro atoms. The molecule has 0 aromatic rings. The van der Waals surface area contributed by atoms with Crippen molar-refractivity contribution >= 4 is 0 Å². The lowest BCUT2D eigenvalue weighted by Gasteiger charge is -2.35. The van der Waals surface area contributed by atoms with Gasteiger partial charge in [-0.15, -0.1) is 0 Å². The zero-order valence-corrected chi connectivity index (χ0v) is 10.4. The molecule has 0 unspecified atom stereocenters. The lowest BCUT2D eigenvalue weighted by atomic mass is 9.87. The number of alkyl halides is 2. The molecule has 0 N–H and O–H groups in total. The fourth-order valence-corrected chi connectivity index (χ4v) is 3.43. The highest BCUT2D eigenvalue weighted by Gasteiger charge is 2.75. The van der Waals surface area contributed by atoms with E-state index in [0.717, 1.165) is 12.8 Å². The van der Waals surface area contributed by atoms with Crippen LogP contribution in [-0.4, -0.2) is 43.7 Å². The largest absolute Gasteiger partial charge is 0.383 e. The molecular weight excluding hydrogens is 212 g/mol. The van der Waals surface area contributed by atoms with Crippen LogP contribution >= 0.6 is 0 Å². The minimum atomic E-state index is -2.44. The van der Waals surface area contributed by atoms with Gasteiger partial charge in [0.2, 0.25) is 0 Å². The van der Waals surface area contributed by atoms with Crippen LogP contribution in [0.1, 0.15) is 32.6 Å². The van der Waals surface area contributed by atoms with Crippen LogP contribution in [0.4, 0.5) is 8.78 Å². The van der Waals surface area contributed by atoms with E-state index in [1.807, 2.05) is 7.05 Å². The van der Waals surface area contributed by atoms with Gasteiger partial charge in [-0.1, -0.05) is 13.3 Å². The van der Waals surface area contributed by atoms with Crippen LogP contribution in [-0.2, 0) is 4.74 Å². The topological polar surface area (TPSA) is 12.5 Å². The smallest absolute Gasteiger partial charge is 0.255 e. The summed E-state index contributed by atoms with van der Waals surface area (Å²) >= 11 is 0. The first-order chi connectivity index (χ1) is 7.41. The number of ether oxygens (including phenoxy) is 1. The summed E-state index contributed by atoms with van der Waals surface area (Å²) in [6, 6.07) is 0. The van der Waals surface area contributed by atoms with Gasteiger partial charge in [-0.2, -0.15) is 0 Å². The molecule has 1 saturated carbocycles. The highest BCUT2D eigenvalue weighted by molar-refractivity contribution is 5.20. The van der Waals surface area contributed by atoms with Crippen molar-refractivity contribution in [1.82, 2.24) is 4.90 Å². The number of nitrogens with zero attached hydrogens (tertiary/aromatic N) is 1. The van der Waals surface area contributed by atoms with Gasteiger partial charge in [-0.05, 0) is 19.9 Å². The molecule has 0 aromatic carbocycles. The summed E-state index contributed by atoms with van der Waals surface area (Å²) in [5.41, 5.74) is -0.904. The number of methoxy groups -OCH3 is 1. The van der Waals surface area contributed by atoms with E-state index in [1.54, 1.807) is 7.11 Å². The lowest BCUT2D eigenvalue weighted by molar-refractivity contribution is 0.0434. The molecule has 1 saturated heterocycles. The van der Waals surface area contributed by atoms with Gasteiger partial charge in [-0.3, -0.25) is 4.90 Å². The van der Waals surface area contributed by atoms with E-state index in [0.29, 0.717) is 19.6 Å². The van der Waals surface area contributed by atoms with Gasteiger partial charge >= 0.3 is 0 Å². The Morgan fingerprint density at radius 3 is 2.31 bits per heavy atom. The highest BCUT2D eigenvalue weighted by Crippen LogP contribution is 2.68. The number of likely N-dealkylation sites (N-methyl/N-ethyl adjacent to an activating group) is 1. The fourth-order valence-electron chi connectivity index (χ4n) is 3.43. The van der Waals surface area contributed by atoms with Crippen molar-refractivity contribution < 1.29 is 13.5 Å². The molecule has 1 aliphatic carbocycles. The third kappa shape index (κ3) is 1.58. The van der Waals surface area contributed by atoms with Gasteiger partial charge in [0.25, 0.3) is 5.92 Å². The van der Waals surface area contributed by atoms with Gasteiger partial charge in [0.1, 0.15) is 0 Å². The number of hydrogen-bond acceptors (Lipinski definition) is 2. The van der Waals surface area contributed by atoms with Crippen molar-refractivity contribution in [3.8, 4) is 0 Å². The summed E-state index contributed by atoms with van der Waals surface area (Å²) in [6.07, 6.45) is 2.61. The van der Waals surface area contributed by atoms with Crippen molar-refractivity contribution in [3.05, 3.63) is 0 Å². The average Bonchev–Trinajstić information content (AvgIpc) is 2.53. The molecular formula is C12H21F2NO. The molecule has 0 radical (unpaired) electrons. The van der Waals surface area contributed by atoms with Crippen molar-refractivity contribution in [1.29, 1.82) is 0 Å². The summed E-state index contributed by atoms with van der Waals surface area (Å²) in [5, 5.41) is 0. The molecule has 2 fully saturated rings. The number of rotatable bonds is 4.